The van der Waals surface area contributed by atoms with Crippen molar-refractivity contribution in [2.45, 2.75) is 6.61 Å². The molecule has 88 valence electrons. The third-order valence-corrected chi connectivity index (χ3v) is 2.52. The summed E-state index contributed by atoms with van der Waals surface area (Å²) in [6.07, 6.45) is 0. The second-order valence-electron chi connectivity index (χ2n) is 3.71. The minimum Gasteiger partial charge on any atom is -0.497 e. The van der Waals surface area contributed by atoms with E-state index in [2.05, 4.69) is 5.32 Å². The van der Waals surface area contributed by atoms with Crippen molar-refractivity contribution >= 4 is 11.4 Å². The number of anilines is 2. The van der Waals surface area contributed by atoms with Gasteiger partial charge in [-0.15, -0.1) is 0 Å². The third kappa shape index (κ3) is 2.98. The highest BCUT2D eigenvalue weighted by Crippen LogP contribution is 2.20. The number of methoxy groups -OCH3 is 1. The van der Waals surface area contributed by atoms with Gasteiger partial charge in [-0.3, -0.25) is 0 Å². The maximum atomic E-state index is 8.94. The second kappa shape index (κ2) is 5.37. The number of nitrogens with one attached hydrogen (secondary N) is 1. The van der Waals surface area contributed by atoms with Crippen molar-refractivity contribution in [2.75, 3.05) is 12.4 Å². The number of aliphatic hydroxyl groups excluding tert-OH is 1. The fourth-order valence-electron chi connectivity index (χ4n) is 1.53. The molecule has 2 aromatic rings. The van der Waals surface area contributed by atoms with Gasteiger partial charge in [-0.2, -0.15) is 0 Å². The van der Waals surface area contributed by atoms with E-state index >= 15 is 0 Å². The summed E-state index contributed by atoms with van der Waals surface area (Å²) in [6.45, 7) is 0.0722. The first-order valence-corrected chi connectivity index (χ1v) is 5.42. The molecule has 0 heterocycles. The van der Waals surface area contributed by atoms with Crippen LogP contribution in [0.5, 0.6) is 5.75 Å². The average Bonchev–Trinajstić information content (AvgIpc) is 2.40. The lowest BCUT2D eigenvalue weighted by atomic mass is 10.2. The molecule has 0 aliphatic heterocycles. The van der Waals surface area contributed by atoms with Crippen molar-refractivity contribution in [1.29, 1.82) is 0 Å². The molecule has 0 amide bonds. The summed E-state index contributed by atoms with van der Waals surface area (Å²) in [5.74, 6) is 0.839. The second-order valence-corrected chi connectivity index (χ2v) is 3.71. The minimum atomic E-state index is 0.0722. The molecule has 0 aromatic heterocycles. The van der Waals surface area contributed by atoms with Gasteiger partial charge in [-0.1, -0.05) is 12.1 Å². The van der Waals surface area contributed by atoms with E-state index in [1.807, 2.05) is 48.5 Å². The SMILES string of the molecule is COc1ccc(Nc2ccc(CO)cc2)cc1. The van der Waals surface area contributed by atoms with Crippen molar-refractivity contribution in [3.05, 3.63) is 54.1 Å². The van der Waals surface area contributed by atoms with Gasteiger partial charge in [0, 0.05) is 11.4 Å². The fraction of sp³-hybridized carbons (Fsp3) is 0.143. The summed E-state index contributed by atoms with van der Waals surface area (Å²) in [5.41, 5.74) is 2.90. The summed E-state index contributed by atoms with van der Waals surface area (Å²) < 4.78 is 5.09. The van der Waals surface area contributed by atoms with Crippen molar-refractivity contribution in [1.82, 2.24) is 0 Å². The maximum Gasteiger partial charge on any atom is 0.119 e. The van der Waals surface area contributed by atoms with Gasteiger partial charge in [0.25, 0.3) is 0 Å². The number of aliphatic hydroxyl groups is 1. The Bertz CT molecular complexity index is 417. The summed E-state index contributed by atoms with van der Waals surface area (Å²) in [6, 6.07) is 15.4. The first kappa shape index (κ1) is 11.5. The van der Waals surface area contributed by atoms with Gasteiger partial charge in [0.1, 0.15) is 5.75 Å². The van der Waals surface area contributed by atoms with Gasteiger partial charge >= 0.3 is 0 Å². The molecular formula is C14H15NO2. The van der Waals surface area contributed by atoms with Crippen LogP contribution in [0.15, 0.2) is 48.5 Å². The zero-order valence-electron chi connectivity index (χ0n) is 9.68. The van der Waals surface area contributed by atoms with Gasteiger partial charge in [0.2, 0.25) is 0 Å². The molecule has 0 aliphatic rings. The zero-order valence-corrected chi connectivity index (χ0v) is 9.68. The van der Waals surface area contributed by atoms with Crippen LogP contribution in [0.2, 0.25) is 0 Å². The van der Waals surface area contributed by atoms with Gasteiger partial charge in [-0.05, 0) is 42.0 Å². The van der Waals surface area contributed by atoms with Crippen molar-refractivity contribution < 1.29 is 9.84 Å². The van der Waals surface area contributed by atoms with Crippen LogP contribution < -0.4 is 10.1 Å². The Balaban J connectivity index is 2.08. The first-order chi connectivity index (χ1) is 8.31. The van der Waals surface area contributed by atoms with E-state index in [9.17, 15) is 0 Å². The molecule has 0 radical (unpaired) electrons. The standard InChI is InChI=1S/C14H15NO2/c1-17-14-8-6-13(7-9-14)15-12-4-2-11(10-16)3-5-12/h2-9,15-16H,10H2,1H3. The van der Waals surface area contributed by atoms with Crippen molar-refractivity contribution in [3.63, 3.8) is 0 Å². The minimum absolute atomic E-state index is 0.0722. The van der Waals surface area contributed by atoms with E-state index in [4.69, 9.17) is 9.84 Å². The molecule has 2 rings (SSSR count). The summed E-state index contributed by atoms with van der Waals surface area (Å²) >= 11 is 0. The number of benzene rings is 2. The predicted octanol–water partition coefficient (Wildman–Crippen LogP) is 2.93. The van der Waals surface area contributed by atoms with Crippen LogP contribution in [0.25, 0.3) is 0 Å². The summed E-state index contributed by atoms with van der Waals surface area (Å²) in [7, 11) is 1.65. The lowest BCUT2D eigenvalue weighted by Crippen LogP contribution is -1.91. The molecule has 3 nitrogen and oxygen atoms in total. The number of hydrogen-bond acceptors (Lipinski definition) is 3. The van der Waals surface area contributed by atoms with Crippen LogP contribution in [0.1, 0.15) is 5.56 Å². The monoisotopic (exact) mass is 229 g/mol. The van der Waals surface area contributed by atoms with Crippen LogP contribution in [-0.4, -0.2) is 12.2 Å². The van der Waals surface area contributed by atoms with Gasteiger partial charge in [-0.25, -0.2) is 0 Å². The Labute approximate surface area is 101 Å². The van der Waals surface area contributed by atoms with Crippen molar-refractivity contribution in [2.24, 2.45) is 0 Å². The molecule has 2 N–H and O–H groups in total. The van der Waals surface area contributed by atoms with E-state index in [0.29, 0.717) is 0 Å². The molecule has 0 saturated carbocycles. The van der Waals surface area contributed by atoms with Crippen LogP contribution in [-0.2, 0) is 6.61 Å². The van der Waals surface area contributed by atoms with E-state index in [1.165, 1.54) is 0 Å². The molecular weight excluding hydrogens is 214 g/mol. The molecule has 17 heavy (non-hydrogen) atoms. The molecule has 0 spiro atoms. The Hall–Kier alpha value is -2.00. The van der Waals surface area contributed by atoms with Gasteiger partial charge < -0.3 is 15.2 Å². The van der Waals surface area contributed by atoms with E-state index in [-0.39, 0.29) is 6.61 Å². The lowest BCUT2D eigenvalue weighted by Gasteiger charge is -2.07. The maximum absolute atomic E-state index is 8.94. The summed E-state index contributed by atoms with van der Waals surface area (Å²) in [4.78, 5) is 0. The zero-order chi connectivity index (χ0) is 12.1. The third-order valence-electron chi connectivity index (χ3n) is 2.52. The number of hydrogen-bond donors (Lipinski definition) is 2. The Morgan fingerprint density at radius 3 is 1.94 bits per heavy atom. The van der Waals surface area contributed by atoms with Crippen LogP contribution in [0.4, 0.5) is 11.4 Å². The normalized spacial score (nSPS) is 10.0. The molecule has 0 saturated heterocycles. The van der Waals surface area contributed by atoms with Crippen LogP contribution >= 0.6 is 0 Å². The number of rotatable bonds is 4. The van der Waals surface area contributed by atoms with Gasteiger partial charge in [0.15, 0.2) is 0 Å². The highest BCUT2D eigenvalue weighted by Gasteiger charge is 1.96. The Morgan fingerprint density at radius 1 is 0.941 bits per heavy atom. The first-order valence-electron chi connectivity index (χ1n) is 5.42. The lowest BCUT2D eigenvalue weighted by molar-refractivity contribution is 0.282. The van der Waals surface area contributed by atoms with E-state index in [0.717, 1.165) is 22.7 Å². The highest BCUT2D eigenvalue weighted by molar-refractivity contribution is 5.60. The fourth-order valence-corrected chi connectivity index (χ4v) is 1.53. The van der Waals surface area contributed by atoms with Crippen LogP contribution in [0.3, 0.4) is 0 Å². The molecule has 2 aromatic carbocycles. The molecule has 0 atom stereocenters. The topological polar surface area (TPSA) is 41.5 Å². The molecule has 0 fully saturated rings. The number of ether oxygens (including phenoxy) is 1. The molecule has 0 unspecified atom stereocenters. The average molecular weight is 229 g/mol. The van der Waals surface area contributed by atoms with E-state index < -0.39 is 0 Å². The van der Waals surface area contributed by atoms with E-state index in [1.54, 1.807) is 7.11 Å². The van der Waals surface area contributed by atoms with Gasteiger partial charge in [0.05, 0.1) is 13.7 Å². The smallest absolute Gasteiger partial charge is 0.119 e. The largest absolute Gasteiger partial charge is 0.497 e. The molecule has 0 aliphatic carbocycles. The molecule has 0 bridgehead atoms. The summed E-state index contributed by atoms with van der Waals surface area (Å²) in [5, 5.41) is 12.2. The predicted molar refractivity (Wildman–Crippen MR) is 68.6 cm³/mol. The Morgan fingerprint density at radius 2 is 1.47 bits per heavy atom. The molecule has 3 heteroatoms. The highest BCUT2D eigenvalue weighted by atomic mass is 16.5. The van der Waals surface area contributed by atoms with Crippen LogP contribution in [0, 0.1) is 0 Å². The van der Waals surface area contributed by atoms with Crippen molar-refractivity contribution in [3.8, 4) is 5.75 Å². The Kier molecular flexibility index (Phi) is 3.62. The quantitative estimate of drug-likeness (QED) is 0.847.